The summed E-state index contributed by atoms with van der Waals surface area (Å²) in [5, 5.41) is 13.5. The molecule has 0 saturated heterocycles. The van der Waals surface area contributed by atoms with Gasteiger partial charge in [0.2, 0.25) is 0 Å². The number of phenolic OH excluding ortho intramolecular Hbond substituents is 1. The maximum absolute atomic E-state index is 12.2. The molecule has 2 N–H and O–H groups in total. The molecule has 0 bridgehead atoms. The van der Waals surface area contributed by atoms with Crippen LogP contribution < -0.4 is 14.9 Å². The molecule has 0 spiro atoms. The number of rotatable bonds is 7. The average molecular weight is 438 g/mol. The highest BCUT2D eigenvalue weighted by molar-refractivity contribution is 6.32. The molecule has 1 amide bonds. The number of hydrazone groups is 1. The van der Waals surface area contributed by atoms with E-state index in [0.29, 0.717) is 17.1 Å². The first-order valence-electron chi connectivity index (χ1n) is 9.19. The van der Waals surface area contributed by atoms with Gasteiger partial charge < -0.3 is 14.6 Å². The molecule has 0 saturated carbocycles. The normalized spacial score (nSPS) is 11.1. The minimum atomic E-state index is -0.464. The molecule has 3 rings (SSSR count). The van der Waals surface area contributed by atoms with Crippen LogP contribution in [0, 0.1) is 0 Å². The Hall–Kier alpha value is -3.84. The number of hydrogen-bond acceptors (Lipinski definition) is 6. The number of aromatic hydroxyl groups is 1. The third-order valence-electron chi connectivity index (χ3n) is 4.24. The molecule has 3 aromatic rings. The Morgan fingerprint density at radius 1 is 1.13 bits per heavy atom. The van der Waals surface area contributed by atoms with Crippen molar-refractivity contribution in [3.8, 4) is 17.2 Å². The lowest BCUT2D eigenvalue weighted by molar-refractivity contribution is 0.0955. The summed E-state index contributed by atoms with van der Waals surface area (Å²) in [5.41, 5.74) is 4.93. The topological polar surface area (TPSA) is 93.0 Å². The number of methoxy groups -OCH3 is 2. The van der Waals surface area contributed by atoms with E-state index in [0.717, 1.165) is 11.3 Å². The summed E-state index contributed by atoms with van der Waals surface area (Å²) >= 11 is 5.84. The molecule has 7 nitrogen and oxygen atoms in total. The number of benzene rings is 2. The predicted molar refractivity (Wildman–Crippen MR) is 121 cm³/mol. The van der Waals surface area contributed by atoms with E-state index >= 15 is 0 Å². The third kappa shape index (κ3) is 5.61. The van der Waals surface area contributed by atoms with Crippen molar-refractivity contribution in [3.05, 3.63) is 82.1 Å². The first kappa shape index (κ1) is 21.9. The van der Waals surface area contributed by atoms with Crippen LogP contribution in [0.3, 0.4) is 0 Å². The maximum atomic E-state index is 12.2. The van der Waals surface area contributed by atoms with E-state index in [-0.39, 0.29) is 16.3 Å². The third-order valence-corrected chi connectivity index (χ3v) is 4.54. The number of aromatic nitrogens is 1. The van der Waals surface area contributed by atoms with E-state index in [4.69, 9.17) is 21.1 Å². The quantitative estimate of drug-likeness (QED) is 0.422. The van der Waals surface area contributed by atoms with Gasteiger partial charge in [0.25, 0.3) is 5.91 Å². The monoisotopic (exact) mass is 437 g/mol. The van der Waals surface area contributed by atoms with Gasteiger partial charge in [0.1, 0.15) is 5.75 Å². The Labute approximate surface area is 184 Å². The molecule has 8 heteroatoms. The summed E-state index contributed by atoms with van der Waals surface area (Å²) in [5.74, 6) is 0.519. The van der Waals surface area contributed by atoms with Crippen LogP contribution in [-0.2, 0) is 0 Å². The summed E-state index contributed by atoms with van der Waals surface area (Å²) in [6.45, 7) is 0. The van der Waals surface area contributed by atoms with Crippen LogP contribution in [0.4, 0.5) is 0 Å². The Balaban J connectivity index is 1.82. The van der Waals surface area contributed by atoms with Gasteiger partial charge in [-0.1, -0.05) is 17.7 Å². The highest BCUT2D eigenvalue weighted by atomic mass is 35.5. The Kier molecular flexibility index (Phi) is 7.24. The van der Waals surface area contributed by atoms with E-state index in [1.165, 1.54) is 24.4 Å². The number of nitrogens with zero attached hydrogens (tertiary/aromatic N) is 2. The van der Waals surface area contributed by atoms with Gasteiger partial charge in [0.05, 0.1) is 31.2 Å². The van der Waals surface area contributed by atoms with Crippen molar-refractivity contribution >= 4 is 35.9 Å². The molecular weight excluding hydrogens is 418 g/mol. The molecule has 0 aliphatic rings. The van der Waals surface area contributed by atoms with Crippen LogP contribution in [-0.4, -0.2) is 36.4 Å². The first-order chi connectivity index (χ1) is 15.0. The van der Waals surface area contributed by atoms with Gasteiger partial charge in [-0.05, 0) is 60.2 Å². The highest BCUT2D eigenvalue weighted by Crippen LogP contribution is 2.33. The largest absolute Gasteiger partial charge is 0.506 e. The fraction of sp³-hybridized carbons (Fsp3) is 0.0870. The Bertz CT molecular complexity index is 1130. The van der Waals surface area contributed by atoms with Crippen molar-refractivity contribution in [3.63, 3.8) is 0 Å². The fourth-order valence-corrected chi connectivity index (χ4v) is 2.92. The van der Waals surface area contributed by atoms with Gasteiger partial charge >= 0.3 is 0 Å². The molecule has 2 aromatic carbocycles. The van der Waals surface area contributed by atoms with Crippen molar-refractivity contribution in [1.29, 1.82) is 0 Å². The zero-order valence-electron chi connectivity index (χ0n) is 16.9. The van der Waals surface area contributed by atoms with Gasteiger partial charge in [-0.25, -0.2) is 5.43 Å². The second-order valence-electron chi connectivity index (χ2n) is 6.30. The number of nitrogens with one attached hydrogen (secondary N) is 1. The summed E-state index contributed by atoms with van der Waals surface area (Å²) in [6.07, 6.45) is 6.91. The van der Waals surface area contributed by atoms with Crippen LogP contribution >= 0.6 is 11.6 Å². The zero-order valence-corrected chi connectivity index (χ0v) is 17.6. The van der Waals surface area contributed by atoms with Crippen LogP contribution in [0.1, 0.15) is 27.2 Å². The molecule has 0 aliphatic heterocycles. The number of carbonyl (C=O) groups excluding carboxylic acids is 1. The number of amides is 1. The van der Waals surface area contributed by atoms with Crippen molar-refractivity contribution in [2.45, 2.75) is 0 Å². The van der Waals surface area contributed by atoms with Gasteiger partial charge in [-0.15, -0.1) is 0 Å². The number of hydrogen-bond donors (Lipinski definition) is 2. The maximum Gasteiger partial charge on any atom is 0.271 e. The second-order valence-corrected chi connectivity index (χ2v) is 6.71. The minimum absolute atomic E-state index is 0.0841. The van der Waals surface area contributed by atoms with Gasteiger partial charge in [0, 0.05) is 17.3 Å². The number of phenols is 1. The molecule has 1 aromatic heterocycles. The van der Waals surface area contributed by atoms with E-state index in [9.17, 15) is 9.90 Å². The number of pyridine rings is 1. The SMILES string of the molecule is COc1cc(/C=N/NC(=O)c2ccc(O)c(Cl)c2)cc(/C=C/c2ccccn2)c1OC. The fourth-order valence-electron chi connectivity index (χ4n) is 2.74. The van der Waals surface area contributed by atoms with Crippen molar-refractivity contribution < 1.29 is 19.4 Å². The first-order valence-corrected chi connectivity index (χ1v) is 9.56. The standard InChI is InChI=1S/C23H20ClN3O4/c1-30-21-12-15(14-26-27-23(29)17-7-9-20(28)19(24)13-17)11-16(22(21)31-2)6-8-18-5-3-4-10-25-18/h3-14,28H,1-2H3,(H,27,29)/b8-6+,26-14+. The lowest BCUT2D eigenvalue weighted by Gasteiger charge is -2.12. The molecule has 158 valence electrons. The minimum Gasteiger partial charge on any atom is -0.506 e. The molecule has 0 unspecified atom stereocenters. The number of halogens is 1. The van der Waals surface area contributed by atoms with Gasteiger partial charge in [-0.3, -0.25) is 9.78 Å². The Morgan fingerprint density at radius 2 is 1.97 bits per heavy atom. The summed E-state index contributed by atoms with van der Waals surface area (Å²) in [7, 11) is 3.11. The van der Waals surface area contributed by atoms with Crippen LogP contribution in [0.5, 0.6) is 17.2 Å². The molecule has 31 heavy (non-hydrogen) atoms. The van der Waals surface area contributed by atoms with E-state index in [2.05, 4.69) is 15.5 Å². The predicted octanol–water partition coefficient (Wildman–Crippen LogP) is 4.39. The van der Waals surface area contributed by atoms with Crippen molar-refractivity contribution in [2.24, 2.45) is 5.10 Å². The lowest BCUT2D eigenvalue weighted by Crippen LogP contribution is -2.17. The van der Waals surface area contributed by atoms with E-state index < -0.39 is 5.91 Å². The van der Waals surface area contributed by atoms with Gasteiger partial charge in [-0.2, -0.15) is 5.10 Å². The zero-order chi connectivity index (χ0) is 22.2. The van der Waals surface area contributed by atoms with Crippen LogP contribution in [0.15, 0.2) is 59.8 Å². The summed E-state index contributed by atoms with van der Waals surface area (Å²) < 4.78 is 10.9. The lowest BCUT2D eigenvalue weighted by atomic mass is 10.1. The van der Waals surface area contributed by atoms with E-state index in [1.54, 1.807) is 26.5 Å². The molecule has 0 atom stereocenters. The molecule has 1 heterocycles. The van der Waals surface area contributed by atoms with Crippen molar-refractivity contribution in [1.82, 2.24) is 10.4 Å². The molecular formula is C23H20ClN3O4. The van der Waals surface area contributed by atoms with Crippen LogP contribution in [0.25, 0.3) is 12.2 Å². The molecule has 0 radical (unpaired) electrons. The van der Waals surface area contributed by atoms with Crippen LogP contribution in [0.2, 0.25) is 5.02 Å². The summed E-state index contributed by atoms with van der Waals surface area (Å²) in [4.78, 5) is 16.5. The number of carbonyl (C=O) groups is 1. The molecule has 0 aliphatic carbocycles. The molecule has 0 fully saturated rings. The Morgan fingerprint density at radius 3 is 2.65 bits per heavy atom. The second kappa shape index (κ2) is 10.3. The van der Waals surface area contributed by atoms with Crippen molar-refractivity contribution in [2.75, 3.05) is 14.2 Å². The summed E-state index contributed by atoms with van der Waals surface area (Å²) in [6, 6.07) is 13.4. The van der Waals surface area contributed by atoms with Gasteiger partial charge in [0.15, 0.2) is 11.5 Å². The smallest absolute Gasteiger partial charge is 0.271 e. The number of ether oxygens (including phenoxy) is 2. The van der Waals surface area contributed by atoms with E-state index in [1.807, 2.05) is 36.4 Å². The average Bonchev–Trinajstić information content (AvgIpc) is 2.79. The highest BCUT2D eigenvalue weighted by Gasteiger charge is 2.11.